The Kier molecular flexibility index (Phi) is 6.28. The molecule has 0 aromatic heterocycles. The summed E-state index contributed by atoms with van der Waals surface area (Å²) < 4.78 is 0. The monoisotopic (exact) mass is 233 g/mol. The zero-order chi connectivity index (χ0) is 12.7. The van der Waals surface area contributed by atoms with E-state index in [2.05, 4.69) is 51.2 Å². The number of hydrogen-bond donors (Lipinski definition) is 1. The molecular formula is C16H27N. The topological polar surface area (TPSA) is 12.0 Å². The third kappa shape index (κ3) is 4.91. The Bertz CT molecular complexity index is 324. The van der Waals surface area contributed by atoms with E-state index in [0.29, 0.717) is 6.04 Å². The summed E-state index contributed by atoms with van der Waals surface area (Å²) in [7, 11) is 0. The van der Waals surface area contributed by atoms with Gasteiger partial charge in [0.2, 0.25) is 0 Å². The molecule has 0 radical (unpaired) electrons. The maximum absolute atomic E-state index is 3.58. The first-order valence-electron chi connectivity index (χ1n) is 6.96. The van der Waals surface area contributed by atoms with Crippen LogP contribution in [0.4, 0.5) is 0 Å². The molecular weight excluding hydrogens is 206 g/mol. The number of rotatable bonds is 7. The predicted octanol–water partition coefficient (Wildman–Crippen LogP) is 4.01. The Morgan fingerprint density at radius 3 is 2.41 bits per heavy atom. The first-order chi connectivity index (χ1) is 8.17. The van der Waals surface area contributed by atoms with Gasteiger partial charge in [0.1, 0.15) is 0 Å². The van der Waals surface area contributed by atoms with E-state index < -0.39 is 0 Å². The van der Waals surface area contributed by atoms with Gasteiger partial charge in [0, 0.05) is 6.04 Å². The van der Waals surface area contributed by atoms with Crippen LogP contribution in [0.25, 0.3) is 0 Å². The summed E-state index contributed by atoms with van der Waals surface area (Å²) in [6.07, 6.45) is 5.01. The molecule has 0 bridgehead atoms. The van der Waals surface area contributed by atoms with Crippen LogP contribution in [-0.4, -0.2) is 12.6 Å². The van der Waals surface area contributed by atoms with Crippen molar-refractivity contribution >= 4 is 0 Å². The summed E-state index contributed by atoms with van der Waals surface area (Å²) in [5.41, 5.74) is 4.29. The summed E-state index contributed by atoms with van der Waals surface area (Å²) in [6, 6.07) is 7.54. The number of aryl methyl sites for hydroxylation is 3. The Labute approximate surface area is 107 Å². The highest BCUT2D eigenvalue weighted by Crippen LogP contribution is 2.13. The minimum absolute atomic E-state index is 0.687. The van der Waals surface area contributed by atoms with E-state index in [1.807, 2.05) is 0 Å². The SMILES string of the molecule is CCCC(CCc1ccc(C)c(C)c1)NCC. The number of hydrogen-bond acceptors (Lipinski definition) is 1. The minimum Gasteiger partial charge on any atom is -0.314 e. The number of nitrogens with one attached hydrogen (secondary N) is 1. The average Bonchev–Trinajstić information content (AvgIpc) is 2.31. The Balaban J connectivity index is 2.49. The Morgan fingerprint density at radius 2 is 1.82 bits per heavy atom. The van der Waals surface area contributed by atoms with Crippen LogP contribution in [-0.2, 0) is 6.42 Å². The molecule has 0 aliphatic carbocycles. The standard InChI is InChI=1S/C16H27N/c1-5-7-16(17-6-2)11-10-15-9-8-13(3)14(4)12-15/h8-9,12,16-17H,5-7,10-11H2,1-4H3. The molecule has 0 aliphatic heterocycles. The molecule has 1 aromatic carbocycles. The van der Waals surface area contributed by atoms with Gasteiger partial charge in [0.15, 0.2) is 0 Å². The molecule has 0 aliphatic rings. The van der Waals surface area contributed by atoms with Crippen LogP contribution >= 0.6 is 0 Å². The maximum Gasteiger partial charge on any atom is 0.00700 e. The smallest absolute Gasteiger partial charge is 0.00700 e. The van der Waals surface area contributed by atoms with Gasteiger partial charge in [-0.1, -0.05) is 38.5 Å². The Hall–Kier alpha value is -0.820. The normalized spacial score (nSPS) is 12.7. The van der Waals surface area contributed by atoms with Crippen LogP contribution in [0.1, 0.15) is 49.8 Å². The first kappa shape index (κ1) is 14.2. The molecule has 0 spiro atoms. The van der Waals surface area contributed by atoms with Gasteiger partial charge in [-0.15, -0.1) is 0 Å². The molecule has 1 unspecified atom stereocenters. The zero-order valence-electron chi connectivity index (χ0n) is 11.8. The van der Waals surface area contributed by atoms with Gasteiger partial charge in [-0.25, -0.2) is 0 Å². The zero-order valence-corrected chi connectivity index (χ0v) is 11.8. The second-order valence-electron chi connectivity index (χ2n) is 5.00. The molecule has 1 aromatic rings. The van der Waals surface area contributed by atoms with Crippen molar-refractivity contribution in [1.29, 1.82) is 0 Å². The lowest BCUT2D eigenvalue weighted by Gasteiger charge is -2.17. The molecule has 1 nitrogen and oxygen atoms in total. The molecule has 0 fully saturated rings. The van der Waals surface area contributed by atoms with Gasteiger partial charge in [0.05, 0.1) is 0 Å². The van der Waals surface area contributed by atoms with Crippen molar-refractivity contribution in [2.75, 3.05) is 6.54 Å². The fraction of sp³-hybridized carbons (Fsp3) is 0.625. The van der Waals surface area contributed by atoms with E-state index in [4.69, 9.17) is 0 Å². The molecule has 0 heterocycles. The van der Waals surface area contributed by atoms with E-state index >= 15 is 0 Å². The van der Waals surface area contributed by atoms with Crippen molar-refractivity contribution in [3.8, 4) is 0 Å². The van der Waals surface area contributed by atoms with Gasteiger partial charge < -0.3 is 5.32 Å². The van der Waals surface area contributed by atoms with Crippen LogP contribution in [0.2, 0.25) is 0 Å². The van der Waals surface area contributed by atoms with E-state index in [1.54, 1.807) is 0 Å². The molecule has 96 valence electrons. The molecule has 0 amide bonds. The highest BCUT2D eigenvalue weighted by atomic mass is 14.9. The van der Waals surface area contributed by atoms with Crippen LogP contribution in [0.3, 0.4) is 0 Å². The van der Waals surface area contributed by atoms with Crippen LogP contribution < -0.4 is 5.32 Å². The highest BCUT2D eigenvalue weighted by Gasteiger charge is 2.06. The Morgan fingerprint density at radius 1 is 1.06 bits per heavy atom. The molecule has 0 saturated carbocycles. The van der Waals surface area contributed by atoms with Gasteiger partial charge in [0.25, 0.3) is 0 Å². The van der Waals surface area contributed by atoms with Crippen molar-refractivity contribution in [3.05, 3.63) is 34.9 Å². The molecule has 1 N–H and O–H groups in total. The fourth-order valence-corrected chi connectivity index (χ4v) is 2.29. The average molecular weight is 233 g/mol. The van der Waals surface area contributed by atoms with Crippen molar-refractivity contribution in [3.63, 3.8) is 0 Å². The van der Waals surface area contributed by atoms with E-state index in [9.17, 15) is 0 Å². The fourth-order valence-electron chi connectivity index (χ4n) is 2.29. The summed E-state index contributed by atoms with van der Waals surface area (Å²) in [5, 5.41) is 3.58. The largest absolute Gasteiger partial charge is 0.314 e. The van der Waals surface area contributed by atoms with Crippen LogP contribution in [0.5, 0.6) is 0 Å². The highest BCUT2D eigenvalue weighted by molar-refractivity contribution is 5.29. The van der Waals surface area contributed by atoms with Gasteiger partial charge in [-0.05, 0) is 56.3 Å². The van der Waals surface area contributed by atoms with Crippen molar-refractivity contribution in [2.45, 2.75) is 59.4 Å². The molecule has 1 atom stereocenters. The lowest BCUT2D eigenvalue weighted by atomic mass is 9.99. The van der Waals surface area contributed by atoms with Gasteiger partial charge in [-0.2, -0.15) is 0 Å². The third-order valence-corrected chi connectivity index (χ3v) is 3.48. The predicted molar refractivity (Wildman–Crippen MR) is 76.6 cm³/mol. The van der Waals surface area contributed by atoms with E-state index in [0.717, 1.165) is 6.54 Å². The van der Waals surface area contributed by atoms with Crippen LogP contribution in [0.15, 0.2) is 18.2 Å². The molecule has 1 heteroatoms. The summed E-state index contributed by atoms with van der Waals surface area (Å²) in [6.45, 7) is 9.92. The van der Waals surface area contributed by atoms with Crippen molar-refractivity contribution in [1.82, 2.24) is 5.32 Å². The lowest BCUT2D eigenvalue weighted by Crippen LogP contribution is -2.29. The van der Waals surface area contributed by atoms with Gasteiger partial charge >= 0.3 is 0 Å². The summed E-state index contributed by atoms with van der Waals surface area (Å²) in [5.74, 6) is 0. The molecule has 17 heavy (non-hydrogen) atoms. The third-order valence-electron chi connectivity index (χ3n) is 3.48. The van der Waals surface area contributed by atoms with E-state index in [-0.39, 0.29) is 0 Å². The summed E-state index contributed by atoms with van der Waals surface area (Å²) in [4.78, 5) is 0. The van der Waals surface area contributed by atoms with Crippen molar-refractivity contribution in [2.24, 2.45) is 0 Å². The lowest BCUT2D eigenvalue weighted by molar-refractivity contribution is 0.459. The first-order valence-corrected chi connectivity index (χ1v) is 6.96. The van der Waals surface area contributed by atoms with Crippen molar-refractivity contribution < 1.29 is 0 Å². The summed E-state index contributed by atoms with van der Waals surface area (Å²) >= 11 is 0. The molecule has 0 saturated heterocycles. The van der Waals surface area contributed by atoms with Crippen LogP contribution in [0, 0.1) is 13.8 Å². The number of benzene rings is 1. The molecule has 1 rings (SSSR count). The second-order valence-corrected chi connectivity index (χ2v) is 5.00. The second kappa shape index (κ2) is 7.50. The maximum atomic E-state index is 3.58. The minimum atomic E-state index is 0.687. The van der Waals surface area contributed by atoms with E-state index in [1.165, 1.54) is 42.4 Å². The van der Waals surface area contributed by atoms with Gasteiger partial charge in [-0.3, -0.25) is 0 Å². The quantitative estimate of drug-likeness (QED) is 0.750.